The summed E-state index contributed by atoms with van der Waals surface area (Å²) in [7, 11) is 0. The molecule has 0 spiro atoms. The molecule has 0 saturated heterocycles. The summed E-state index contributed by atoms with van der Waals surface area (Å²) in [6.07, 6.45) is 1.33. The Labute approximate surface area is 158 Å². The third-order valence-electron chi connectivity index (χ3n) is 4.91. The highest BCUT2D eigenvalue weighted by molar-refractivity contribution is 7.12. The lowest BCUT2D eigenvalue weighted by molar-refractivity contribution is -0.116. The third-order valence-corrected chi connectivity index (χ3v) is 7.00. The van der Waals surface area contributed by atoms with Gasteiger partial charge >= 0.3 is 0 Å². The van der Waals surface area contributed by atoms with Crippen molar-refractivity contribution in [3.63, 3.8) is 0 Å². The molecule has 0 aromatic carbocycles. The van der Waals surface area contributed by atoms with Gasteiger partial charge in [0, 0.05) is 38.2 Å². The zero-order chi connectivity index (χ0) is 17.8. The number of nitrogens with two attached hydrogens (primary N) is 1. The standard InChI is InChI=1S/C18H17N5OS2/c1-9-4-5-14(26-9)16-15-11(20-18-21-17(19)22-23(16)18)7-10(8-12(15)24)13-3-2-6-25-13/h2-6,10,16H,7-8H2,1H3,(H3,19,20,21,22)/t10-,16-/m0/s1. The summed E-state index contributed by atoms with van der Waals surface area (Å²) in [5, 5.41) is 9.74. The van der Waals surface area contributed by atoms with E-state index in [2.05, 4.69) is 45.9 Å². The van der Waals surface area contributed by atoms with Crippen LogP contribution in [0.2, 0.25) is 0 Å². The zero-order valence-electron chi connectivity index (χ0n) is 14.1. The molecule has 0 fully saturated rings. The van der Waals surface area contributed by atoms with Gasteiger partial charge in [0.25, 0.3) is 0 Å². The summed E-state index contributed by atoms with van der Waals surface area (Å²) < 4.78 is 1.75. The number of nitrogen functional groups attached to an aromatic ring is 1. The van der Waals surface area contributed by atoms with Crippen molar-refractivity contribution in [2.75, 3.05) is 11.1 Å². The number of allylic oxidation sites excluding steroid dienone is 2. The molecular formula is C18H17N5OS2. The van der Waals surface area contributed by atoms with Crippen molar-refractivity contribution in [3.05, 3.63) is 55.5 Å². The maximum absolute atomic E-state index is 13.2. The maximum Gasteiger partial charge on any atom is 0.241 e. The SMILES string of the molecule is Cc1ccc([C@H]2C3=C(C[C@H](c4cccs4)CC3=O)Nc3nc(N)nn32)s1. The van der Waals surface area contributed by atoms with Crippen LogP contribution in [0.25, 0.3) is 0 Å². The van der Waals surface area contributed by atoms with Gasteiger partial charge in [-0.2, -0.15) is 4.98 Å². The number of anilines is 2. The smallest absolute Gasteiger partial charge is 0.241 e. The number of fused-ring (bicyclic) bond motifs is 1. The number of carbonyl (C=O) groups is 1. The molecule has 1 aliphatic carbocycles. The van der Waals surface area contributed by atoms with Gasteiger partial charge in [-0.3, -0.25) is 4.79 Å². The van der Waals surface area contributed by atoms with Crippen molar-refractivity contribution in [2.45, 2.75) is 31.7 Å². The Bertz CT molecular complexity index is 1030. The van der Waals surface area contributed by atoms with Crippen LogP contribution in [-0.4, -0.2) is 20.5 Å². The van der Waals surface area contributed by atoms with Crippen molar-refractivity contribution >= 4 is 40.4 Å². The van der Waals surface area contributed by atoms with Crippen LogP contribution in [-0.2, 0) is 4.79 Å². The molecule has 1 aliphatic heterocycles. The van der Waals surface area contributed by atoms with Gasteiger partial charge in [0.05, 0.1) is 0 Å². The summed E-state index contributed by atoms with van der Waals surface area (Å²) in [5.41, 5.74) is 7.61. The van der Waals surface area contributed by atoms with Gasteiger partial charge in [0.15, 0.2) is 5.78 Å². The minimum Gasteiger partial charge on any atom is -0.366 e. The van der Waals surface area contributed by atoms with E-state index in [9.17, 15) is 4.79 Å². The fraction of sp³-hybridized carbons (Fsp3) is 0.278. The molecule has 3 aromatic heterocycles. The highest BCUT2D eigenvalue weighted by Gasteiger charge is 2.40. The van der Waals surface area contributed by atoms with Crippen LogP contribution in [0.3, 0.4) is 0 Å². The van der Waals surface area contributed by atoms with E-state index in [4.69, 9.17) is 5.73 Å². The van der Waals surface area contributed by atoms with Crippen LogP contribution in [0, 0.1) is 6.92 Å². The number of Topliss-reactive ketones (excluding diaryl/α,β-unsaturated/α-hetero) is 1. The highest BCUT2D eigenvalue weighted by Crippen LogP contribution is 2.45. The molecule has 3 aromatic rings. The van der Waals surface area contributed by atoms with Crippen LogP contribution in [0.15, 0.2) is 40.9 Å². The lowest BCUT2D eigenvalue weighted by atomic mass is 9.81. The second-order valence-electron chi connectivity index (χ2n) is 6.65. The van der Waals surface area contributed by atoms with E-state index in [0.717, 1.165) is 22.6 Å². The molecule has 8 heteroatoms. The number of hydrogen-bond donors (Lipinski definition) is 2. The minimum atomic E-state index is -0.249. The van der Waals surface area contributed by atoms with Gasteiger partial charge in [0.1, 0.15) is 6.04 Å². The number of ketones is 1. The van der Waals surface area contributed by atoms with Crippen LogP contribution >= 0.6 is 22.7 Å². The predicted molar refractivity (Wildman–Crippen MR) is 104 cm³/mol. The van der Waals surface area contributed by atoms with Gasteiger partial charge < -0.3 is 11.1 Å². The molecule has 132 valence electrons. The molecule has 26 heavy (non-hydrogen) atoms. The van der Waals surface area contributed by atoms with Crippen molar-refractivity contribution in [1.82, 2.24) is 14.8 Å². The fourth-order valence-corrected chi connectivity index (χ4v) is 5.62. The van der Waals surface area contributed by atoms with Crippen LogP contribution < -0.4 is 11.1 Å². The Hall–Kier alpha value is -2.45. The van der Waals surface area contributed by atoms with Crippen LogP contribution in [0.4, 0.5) is 11.9 Å². The van der Waals surface area contributed by atoms with Gasteiger partial charge in [-0.25, -0.2) is 4.68 Å². The first-order valence-electron chi connectivity index (χ1n) is 8.45. The topological polar surface area (TPSA) is 85.8 Å². The van der Waals surface area contributed by atoms with Gasteiger partial charge in [0.2, 0.25) is 11.9 Å². The number of nitrogens with one attached hydrogen (secondary N) is 1. The van der Waals surface area contributed by atoms with Crippen LogP contribution in [0.1, 0.15) is 39.4 Å². The van der Waals surface area contributed by atoms with E-state index in [1.54, 1.807) is 27.4 Å². The molecule has 4 heterocycles. The second kappa shape index (κ2) is 5.78. The monoisotopic (exact) mass is 383 g/mol. The quantitative estimate of drug-likeness (QED) is 0.705. The highest BCUT2D eigenvalue weighted by atomic mass is 32.1. The van der Waals surface area contributed by atoms with E-state index >= 15 is 0 Å². The van der Waals surface area contributed by atoms with Gasteiger partial charge in [-0.1, -0.05) is 6.07 Å². The molecule has 0 saturated carbocycles. The van der Waals surface area contributed by atoms with Crippen molar-refractivity contribution in [1.29, 1.82) is 0 Å². The molecule has 2 aliphatic rings. The fourth-order valence-electron chi connectivity index (χ4n) is 3.82. The normalized spacial score (nSPS) is 22.1. The Kier molecular flexibility index (Phi) is 3.51. The Balaban J connectivity index is 1.63. The Morgan fingerprint density at radius 3 is 2.88 bits per heavy atom. The molecule has 0 radical (unpaired) electrons. The predicted octanol–water partition coefficient (Wildman–Crippen LogP) is 3.71. The number of hydrogen-bond acceptors (Lipinski definition) is 7. The van der Waals surface area contributed by atoms with Crippen molar-refractivity contribution < 1.29 is 4.79 Å². The molecule has 2 atom stereocenters. The average molecular weight is 384 g/mol. The first-order chi connectivity index (χ1) is 12.6. The minimum absolute atomic E-state index is 0.174. The summed E-state index contributed by atoms with van der Waals surface area (Å²) in [6.45, 7) is 2.07. The van der Waals surface area contributed by atoms with Crippen LogP contribution in [0.5, 0.6) is 0 Å². The zero-order valence-corrected chi connectivity index (χ0v) is 15.7. The van der Waals surface area contributed by atoms with E-state index < -0.39 is 0 Å². The molecule has 6 nitrogen and oxygen atoms in total. The maximum atomic E-state index is 13.2. The molecule has 0 amide bonds. The van der Waals surface area contributed by atoms with E-state index in [1.165, 1.54) is 9.75 Å². The number of aryl methyl sites for hydroxylation is 1. The number of aromatic nitrogens is 3. The van der Waals surface area contributed by atoms with E-state index in [-0.39, 0.29) is 23.7 Å². The number of thiophene rings is 2. The van der Waals surface area contributed by atoms with Crippen molar-refractivity contribution in [2.24, 2.45) is 0 Å². The van der Waals surface area contributed by atoms with Gasteiger partial charge in [-0.15, -0.1) is 27.8 Å². The van der Waals surface area contributed by atoms with E-state index in [0.29, 0.717) is 12.4 Å². The molecule has 5 rings (SSSR count). The molecule has 0 unspecified atom stereocenters. The van der Waals surface area contributed by atoms with E-state index in [1.807, 2.05) is 6.07 Å². The molecule has 0 bridgehead atoms. The lowest BCUT2D eigenvalue weighted by Crippen LogP contribution is -2.33. The second-order valence-corrected chi connectivity index (χ2v) is 8.95. The largest absolute Gasteiger partial charge is 0.366 e. The molecule has 3 N–H and O–H groups in total. The average Bonchev–Trinajstić information content (AvgIpc) is 3.32. The first-order valence-corrected chi connectivity index (χ1v) is 10.1. The summed E-state index contributed by atoms with van der Waals surface area (Å²) >= 11 is 3.39. The lowest BCUT2D eigenvalue weighted by Gasteiger charge is -2.34. The van der Waals surface area contributed by atoms with Gasteiger partial charge in [-0.05, 0) is 36.9 Å². The number of carbonyl (C=O) groups excluding carboxylic acids is 1. The molecular weight excluding hydrogens is 366 g/mol. The number of rotatable bonds is 2. The first kappa shape index (κ1) is 15.8. The Morgan fingerprint density at radius 2 is 2.15 bits per heavy atom. The number of nitrogens with zero attached hydrogens (tertiary/aromatic N) is 3. The summed E-state index contributed by atoms with van der Waals surface area (Å²) in [5.74, 6) is 1.21. The summed E-state index contributed by atoms with van der Waals surface area (Å²) in [6, 6.07) is 8.04. The summed E-state index contributed by atoms with van der Waals surface area (Å²) in [4.78, 5) is 21.0. The van der Waals surface area contributed by atoms with Crippen molar-refractivity contribution in [3.8, 4) is 0 Å². The third kappa shape index (κ3) is 2.40. The Morgan fingerprint density at radius 1 is 1.27 bits per heavy atom.